The largest absolute Gasteiger partial charge is 0.321 e. The van der Waals surface area contributed by atoms with Gasteiger partial charge in [0.05, 0.1) is 11.6 Å². The number of nitrogens with two attached hydrogens (primary N) is 1. The third kappa shape index (κ3) is 3.58. The van der Waals surface area contributed by atoms with Crippen LogP contribution >= 0.6 is 11.6 Å². The van der Waals surface area contributed by atoms with Crippen molar-refractivity contribution in [3.8, 4) is 11.8 Å². The lowest BCUT2D eigenvalue weighted by Gasteiger charge is -2.06. The number of halogens is 1. The normalized spacial score (nSPS) is 9.50. The van der Waals surface area contributed by atoms with Crippen LogP contribution in [-0.4, -0.2) is 17.4 Å². The maximum atomic E-state index is 12.0. The van der Waals surface area contributed by atoms with Crippen LogP contribution in [0.25, 0.3) is 0 Å². The summed E-state index contributed by atoms with van der Waals surface area (Å²) in [6.45, 7) is 0.251. The van der Waals surface area contributed by atoms with Crippen molar-refractivity contribution in [3.05, 3.63) is 58.9 Å². The van der Waals surface area contributed by atoms with Crippen molar-refractivity contribution < 1.29 is 4.79 Å². The Kier molecular flexibility index (Phi) is 4.72. The first-order chi connectivity index (χ1) is 9.70. The molecule has 1 aromatic carbocycles. The fourth-order valence-electron chi connectivity index (χ4n) is 1.54. The first-order valence-electron chi connectivity index (χ1n) is 5.91. The Morgan fingerprint density at radius 3 is 2.90 bits per heavy atom. The average molecular weight is 286 g/mol. The Morgan fingerprint density at radius 2 is 2.20 bits per heavy atom. The summed E-state index contributed by atoms with van der Waals surface area (Å²) < 4.78 is 0. The highest BCUT2D eigenvalue weighted by Gasteiger charge is 2.07. The number of carbonyl (C=O) groups excluding carboxylic acids is 1. The van der Waals surface area contributed by atoms with Crippen LogP contribution < -0.4 is 11.1 Å². The van der Waals surface area contributed by atoms with Crippen LogP contribution in [0.5, 0.6) is 0 Å². The van der Waals surface area contributed by atoms with Crippen LogP contribution in [0.4, 0.5) is 5.69 Å². The molecule has 0 atom stereocenters. The van der Waals surface area contributed by atoms with Gasteiger partial charge in [-0.15, -0.1) is 0 Å². The number of benzene rings is 1. The van der Waals surface area contributed by atoms with Gasteiger partial charge in [-0.25, -0.2) is 0 Å². The lowest BCUT2D eigenvalue weighted by molar-refractivity contribution is 0.102. The van der Waals surface area contributed by atoms with Gasteiger partial charge in [-0.2, -0.15) is 0 Å². The molecule has 1 aromatic heterocycles. The molecule has 2 aromatic rings. The highest BCUT2D eigenvalue weighted by molar-refractivity contribution is 6.31. The number of nitrogens with zero attached hydrogens (tertiary/aromatic N) is 1. The van der Waals surface area contributed by atoms with Crippen molar-refractivity contribution in [2.24, 2.45) is 5.73 Å². The van der Waals surface area contributed by atoms with E-state index < -0.39 is 0 Å². The number of anilines is 1. The quantitative estimate of drug-likeness (QED) is 0.832. The number of carbonyl (C=O) groups is 1. The van der Waals surface area contributed by atoms with Crippen LogP contribution in [0.15, 0.2) is 42.6 Å². The van der Waals surface area contributed by atoms with E-state index in [1.54, 1.807) is 42.6 Å². The zero-order valence-electron chi connectivity index (χ0n) is 10.6. The summed E-state index contributed by atoms with van der Waals surface area (Å²) in [7, 11) is 0. The van der Waals surface area contributed by atoms with E-state index in [4.69, 9.17) is 17.3 Å². The molecule has 0 aliphatic rings. The van der Waals surface area contributed by atoms with E-state index in [1.165, 1.54) is 0 Å². The van der Waals surface area contributed by atoms with Crippen LogP contribution in [0.2, 0.25) is 5.02 Å². The van der Waals surface area contributed by atoms with Gasteiger partial charge in [0.25, 0.3) is 5.91 Å². The van der Waals surface area contributed by atoms with E-state index >= 15 is 0 Å². The molecule has 3 N–H and O–H groups in total. The topological polar surface area (TPSA) is 68.0 Å². The highest BCUT2D eigenvalue weighted by atomic mass is 35.5. The molecule has 20 heavy (non-hydrogen) atoms. The van der Waals surface area contributed by atoms with Gasteiger partial charge < -0.3 is 11.1 Å². The Bertz CT molecular complexity index is 675. The zero-order valence-corrected chi connectivity index (χ0v) is 11.3. The SMILES string of the molecule is NCC#Cc1cc(NC(=O)c2ccccn2)ccc1Cl. The Morgan fingerprint density at radius 1 is 1.35 bits per heavy atom. The second-order valence-corrected chi connectivity index (χ2v) is 4.28. The minimum absolute atomic E-state index is 0.251. The number of hydrogen-bond acceptors (Lipinski definition) is 3. The Balaban J connectivity index is 2.20. The maximum absolute atomic E-state index is 12.0. The van der Waals surface area contributed by atoms with Crippen LogP contribution in [0, 0.1) is 11.8 Å². The first kappa shape index (κ1) is 14.1. The van der Waals surface area contributed by atoms with E-state index in [2.05, 4.69) is 22.1 Å². The van der Waals surface area contributed by atoms with Crippen molar-refractivity contribution in [1.82, 2.24) is 4.98 Å². The van der Waals surface area contributed by atoms with Gasteiger partial charge in [0.2, 0.25) is 0 Å². The van der Waals surface area contributed by atoms with E-state index in [0.717, 1.165) is 0 Å². The van der Waals surface area contributed by atoms with Gasteiger partial charge in [0.1, 0.15) is 5.69 Å². The molecule has 0 radical (unpaired) electrons. The van der Waals surface area contributed by atoms with E-state index in [0.29, 0.717) is 22.0 Å². The smallest absolute Gasteiger partial charge is 0.274 e. The predicted octanol–water partition coefficient (Wildman–Crippen LogP) is 2.30. The van der Waals surface area contributed by atoms with Crippen molar-refractivity contribution in [2.75, 3.05) is 11.9 Å². The molecule has 1 amide bonds. The van der Waals surface area contributed by atoms with Crippen molar-refractivity contribution in [3.63, 3.8) is 0 Å². The summed E-state index contributed by atoms with van der Waals surface area (Å²) >= 11 is 6.02. The number of pyridine rings is 1. The molecule has 2 rings (SSSR count). The molecule has 1 heterocycles. The lowest BCUT2D eigenvalue weighted by Crippen LogP contribution is -2.13. The van der Waals surface area contributed by atoms with Crippen LogP contribution in [0.1, 0.15) is 16.1 Å². The van der Waals surface area contributed by atoms with Gasteiger partial charge in [-0.05, 0) is 30.3 Å². The number of nitrogens with one attached hydrogen (secondary N) is 1. The molecule has 0 bridgehead atoms. The summed E-state index contributed by atoms with van der Waals surface area (Å²) in [5.74, 6) is 5.29. The van der Waals surface area contributed by atoms with E-state index in [1.807, 2.05) is 0 Å². The molecule has 0 unspecified atom stereocenters. The summed E-state index contributed by atoms with van der Waals surface area (Å²) in [6, 6.07) is 10.2. The summed E-state index contributed by atoms with van der Waals surface area (Å²) in [6.07, 6.45) is 1.56. The third-order valence-electron chi connectivity index (χ3n) is 2.45. The monoisotopic (exact) mass is 285 g/mol. The van der Waals surface area contributed by atoms with Crippen molar-refractivity contribution in [1.29, 1.82) is 0 Å². The molecule has 4 nitrogen and oxygen atoms in total. The van der Waals surface area contributed by atoms with Crippen molar-refractivity contribution in [2.45, 2.75) is 0 Å². The molecule has 0 spiro atoms. The minimum Gasteiger partial charge on any atom is -0.321 e. The molecule has 0 aliphatic carbocycles. The molecule has 0 saturated heterocycles. The van der Waals surface area contributed by atoms with Gasteiger partial charge in [0.15, 0.2) is 0 Å². The Hall–Kier alpha value is -2.35. The molecule has 5 heteroatoms. The van der Waals surface area contributed by atoms with E-state index in [-0.39, 0.29) is 12.5 Å². The lowest BCUT2D eigenvalue weighted by atomic mass is 10.2. The molecule has 0 aliphatic heterocycles. The third-order valence-corrected chi connectivity index (χ3v) is 2.78. The predicted molar refractivity (Wildman–Crippen MR) is 79.6 cm³/mol. The number of hydrogen-bond donors (Lipinski definition) is 2. The minimum atomic E-state index is -0.286. The zero-order chi connectivity index (χ0) is 14.4. The van der Waals surface area contributed by atoms with Crippen LogP contribution in [-0.2, 0) is 0 Å². The number of aromatic nitrogens is 1. The van der Waals surface area contributed by atoms with Crippen molar-refractivity contribution >= 4 is 23.2 Å². The highest BCUT2D eigenvalue weighted by Crippen LogP contribution is 2.20. The van der Waals surface area contributed by atoms with Gasteiger partial charge >= 0.3 is 0 Å². The van der Waals surface area contributed by atoms with Gasteiger partial charge in [-0.3, -0.25) is 9.78 Å². The Labute approximate surface area is 122 Å². The fraction of sp³-hybridized carbons (Fsp3) is 0.0667. The van der Waals surface area contributed by atoms with Crippen LogP contribution in [0.3, 0.4) is 0 Å². The molecular weight excluding hydrogens is 274 g/mol. The first-order valence-corrected chi connectivity index (χ1v) is 6.29. The molecule has 0 fully saturated rings. The second-order valence-electron chi connectivity index (χ2n) is 3.87. The maximum Gasteiger partial charge on any atom is 0.274 e. The molecule has 100 valence electrons. The summed E-state index contributed by atoms with van der Waals surface area (Å²) in [5, 5.41) is 3.26. The van der Waals surface area contributed by atoms with E-state index in [9.17, 15) is 4.79 Å². The van der Waals surface area contributed by atoms with Gasteiger partial charge in [-0.1, -0.05) is 29.5 Å². The molecule has 0 saturated carbocycles. The summed E-state index contributed by atoms with van der Waals surface area (Å²) in [5.41, 5.74) is 6.90. The standard InChI is InChI=1S/C15H12ClN3O/c16-13-7-6-12(10-11(13)4-3-8-17)19-15(20)14-5-1-2-9-18-14/h1-2,5-7,9-10H,8,17H2,(H,19,20). The number of amides is 1. The number of rotatable bonds is 2. The molecular formula is C15H12ClN3O. The average Bonchev–Trinajstić information content (AvgIpc) is 2.48. The van der Waals surface area contributed by atoms with Gasteiger partial charge in [0, 0.05) is 17.4 Å². The fourth-order valence-corrected chi connectivity index (χ4v) is 1.70. The summed E-state index contributed by atoms with van der Waals surface area (Å²) in [4.78, 5) is 15.9. The second kappa shape index (κ2) is 6.71.